The number of carbonyl (C=O) groups is 1. The third-order valence-corrected chi connectivity index (χ3v) is 5.79. The molecule has 1 aromatic heterocycles. The third-order valence-electron chi connectivity index (χ3n) is 4.81. The molecular formula is C19H24FN3O2S. The van der Waals surface area contributed by atoms with E-state index < -0.39 is 0 Å². The Hall–Kier alpha value is -1.86. The van der Waals surface area contributed by atoms with Crippen molar-refractivity contribution < 1.29 is 14.3 Å². The number of thioether (sulfide) groups is 1. The van der Waals surface area contributed by atoms with Gasteiger partial charge in [0.15, 0.2) is 5.16 Å². The molecule has 1 aliphatic rings. The first-order chi connectivity index (χ1) is 12.6. The highest BCUT2D eigenvalue weighted by Crippen LogP contribution is 2.23. The molecule has 2 aromatic rings. The van der Waals surface area contributed by atoms with Gasteiger partial charge >= 0.3 is 0 Å². The molecule has 0 saturated carbocycles. The van der Waals surface area contributed by atoms with Crippen molar-refractivity contribution in [3.05, 3.63) is 47.5 Å². The summed E-state index contributed by atoms with van der Waals surface area (Å²) < 4.78 is 15.7. The molecule has 0 spiro atoms. The summed E-state index contributed by atoms with van der Waals surface area (Å²) in [5.41, 5.74) is 1.13. The summed E-state index contributed by atoms with van der Waals surface area (Å²) >= 11 is 1.34. The van der Waals surface area contributed by atoms with E-state index in [-0.39, 0.29) is 24.9 Å². The Morgan fingerprint density at radius 1 is 1.35 bits per heavy atom. The lowest BCUT2D eigenvalue weighted by molar-refractivity contribution is -0.129. The number of piperidine rings is 1. The molecule has 1 fully saturated rings. The lowest BCUT2D eigenvalue weighted by atomic mass is 9.99. The number of imidazole rings is 1. The largest absolute Gasteiger partial charge is 0.390 e. The zero-order chi connectivity index (χ0) is 18.5. The first kappa shape index (κ1) is 18.9. The number of hydrogen-bond acceptors (Lipinski definition) is 4. The van der Waals surface area contributed by atoms with Crippen molar-refractivity contribution in [3.63, 3.8) is 0 Å². The Bertz CT molecular complexity index is 757. The minimum absolute atomic E-state index is 0.105. The zero-order valence-corrected chi connectivity index (χ0v) is 15.7. The van der Waals surface area contributed by atoms with Crippen LogP contribution >= 0.6 is 11.8 Å². The molecule has 2 heterocycles. The van der Waals surface area contributed by atoms with E-state index in [0.29, 0.717) is 28.1 Å². The maximum Gasteiger partial charge on any atom is 0.233 e. The molecule has 1 aliphatic heterocycles. The topological polar surface area (TPSA) is 58.4 Å². The van der Waals surface area contributed by atoms with Gasteiger partial charge in [0.1, 0.15) is 5.82 Å². The molecule has 0 aliphatic carbocycles. The lowest BCUT2D eigenvalue weighted by Crippen LogP contribution is -2.38. The smallest absolute Gasteiger partial charge is 0.233 e. The quantitative estimate of drug-likeness (QED) is 0.787. The minimum atomic E-state index is -0.292. The van der Waals surface area contributed by atoms with Gasteiger partial charge in [0, 0.05) is 18.7 Å². The fourth-order valence-corrected chi connectivity index (χ4v) is 3.98. The van der Waals surface area contributed by atoms with Gasteiger partial charge in [-0.15, -0.1) is 0 Å². The van der Waals surface area contributed by atoms with E-state index in [0.717, 1.165) is 25.9 Å². The Kier molecular flexibility index (Phi) is 6.32. The van der Waals surface area contributed by atoms with Crippen LogP contribution in [0.1, 0.15) is 31.0 Å². The second kappa shape index (κ2) is 8.68. The van der Waals surface area contributed by atoms with E-state index in [1.165, 1.54) is 17.8 Å². The highest BCUT2D eigenvalue weighted by molar-refractivity contribution is 7.99. The number of hydrogen-bond donors (Lipinski definition) is 1. The fraction of sp³-hybridized carbons (Fsp3) is 0.474. The number of likely N-dealkylation sites (tertiary alicyclic amines) is 1. The maximum absolute atomic E-state index is 14.0. The monoisotopic (exact) mass is 377 g/mol. The molecule has 7 heteroatoms. The van der Waals surface area contributed by atoms with Crippen molar-refractivity contribution in [1.82, 2.24) is 14.5 Å². The number of rotatable bonds is 6. The van der Waals surface area contributed by atoms with Crippen molar-refractivity contribution >= 4 is 17.7 Å². The normalized spacial score (nSPS) is 15.4. The summed E-state index contributed by atoms with van der Waals surface area (Å²) in [5.74, 6) is 0.791. The van der Waals surface area contributed by atoms with E-state index in [2.05, 4.69) is 11.9 Å². The number of benzene rings is 1. The molecular weight excluding hydrogens is 353 g/mol. The molecule has 1 aromatic carbocycles. The summed E-state index contributed by atoms with van der Waals surface area (Å²) in [4.78, 5) is 18.7. The first-order valence-electron chi connectivity index (χ1n) is 8.87. The van der Waals surface area contributed by atoms with Crippen molar-refractivity contribution in [2.45, 2.75) is 38.1 Å². The SMILES string of the molecule is CC1CCN(C(=O)CSc2ncc(CO)n2Cc2ccccc2F)CC1. The number of aliphatic hydroxyl groups excluding tert-OH is 1. The summed E-state index contributed by atoms with van der Waals surface area (Å²) in [6.07, 6.45) is 3.68. The summed E-state index contributed by atoms with van der Waals surface area (Å²) in [6.45, 7) is 3.94. The average Bonchev–Trinajstić information content (AvgIpc) is 3.04. The van der Waals surface area contributed by atoms with E-state index in [9.17, 15) is 14.3 Å². The second-order valence-electron chi connectivity index (χ2n) is 6.72. The van der Waals surface area contributed by atoms with Crippen molar-refractivity contribution in [2.24, 2.45) is 5.92 Å². The highest BCUT2D eigenvalue weighted by Gasteiger charge is 2.21. The molecule has 1 amide bonds. The Balaban J connectivity index is 1.67. The van der Waals surface area contributed by atoms with Crippen LogP contribution in [0.3, 0.4) is 0 Å². The number of aromatic nitrogens is 2. The average molecular weight is 377 g/mol. The number of amides is 1. The molecule has 0 bridgehead atoms. The summed E-state index contributed by atoms with van der Waals surface area (Å²) in [6, 6.07) is 6.55. The molecule has 3 rings (SSSR count). The molecule has 0 radical (unpaired) electrons. The molecule has 0 unspecified atom stereocenters. The molecule has 0 atom stereocenters. The molecule has 5 nitrogen and oxygen atoms in total. The zero-order valence-electron chi connectivity index (χ0n) is 14.9. The number of carbonyl (C=O) groups excluding carboxylic acids is 1. The van der Waals surface area contributed by atoms with Crippen molar-refractivity contribution in [2.75, 3.05) is 18.8 Å². The number of halogens is 1. The Morgan fingerprint density at radius 2 is 2.08 bits per heavy atom. The van der Waals surface area contributed by atoms with Gasteiger partial charge in [-0.25, -0.2) is 9.37 Å². The Labute approximate surface area is 157 Å². The second-order valence-corrected chi connectivity index (χ2v) is 7.66. The predicted octanol–water partition coefficient (Wildman–Crippen LogP) is 2.91. The standard InChI is InChI=1S/C19H24FN3O2S/c1-14-6-8-22(9-7-14)18(25)13-26-19-21-10-16(12-24)23(19)11-15-4-2-3-5-17(15)20/h2-5,10,14,24H,6-9,11-13H2,1H3. The van der Waals surface area contributed by atoms with Gasteiger partial charge in [-0.2, -0.15) is 0 Å². The van der Waals surface area contributed by atoms with E-state index >= 15 is 0 Å². The van der Waals surface area contributed by atoms with Crippen LogP contribution in [0.15, 0.2) is 35.6 Å². The van der Waals surface area contributed by atoms with Crippen LogP contribution in [-0.4, -0.2) is 44.3 Å². The van der Waals surface area contributed by atoms with Gasteiger partial charge in [-0.3, -0.25) is 4.79 Å². The Morgan fingerprint density at radius 3 is 2.77 bits per heavy atom. The van der Waals surface area contributed by atoms with Gasteiger partial charge in [-0.05, 0) is 24.8 Å². The van der Waals surface area contributed by atoms with Crippen LogP contribution in [-0.2, 0) is 17.9 Å². The van der Waals surface area contributed by atoms with Crippen molar-refractivity contribution in [1.29, 1.82) is 0 Å². The van der Waals surface area contributed by atoms with Crippen LogP contribution in [0.2, 0.25) is 0 Å². The third kappa shape index (κ3) is 4.45. The van der Waals surface area contributed by atoms with Crippen molar-refractivity contribution in [3.8, 4) is 0 Å². The van der Waals surface area contributed by atoms with Gasteiger partial charge in [0.25, 0.3) is 0 Å². The highest BCUT2D eigenvalue weighted by atomic mass is 32.2. The van der Waals surface area contributed by atoms with Crippen LogP contribution in [0.4, 0.5) is 4.39 Å². The summed E-state index contributed by atoms with van der Waals surface area (Å²) in [7, 11) is 0. The van der Waals surface area contributed by atoms with E-state index in [1.54, 1.807) is 29.0 Å². The lowest BCUT2D eigenvalue weighted by Gasteiger charge is -2.30. The maximum atomic E-state index is 14.0. The van der Waals surface area contributed by atoms with E-state index in [1.807, 2.05) is 4.90 Å². The van der Waals surface area contributed by atoms with Gasteiger partial charge in [0.2, 0.25) is 5.91 Å². The fourth-order valence-electron chi connectivity index (χ4n) is 3.08. The van der Waals surface area contributed by atoms with E-state index in [4.69, 9.17) is 0 Å². The molecule has 140 valence electrons. The van der Waals surface area contributed by atoms with Crippen LogP contribution in [0.25, 0.3) is 0 Å². The number of nitrogens with zero attached hydrogens (tertiary/aromatic N) is 3. The van der Waals surface area contributed by atoms with Crippen LogP contribution < -0.4 is 0 Å². The minimum Gasteiger partial charge on any atom is -0.390 e. The van der Waals surface area contributed by atoms with Crippen LogP contribution in [0, 0.1) is 11.7 Å². The molecule has 1 N–H and O–H groups in total. The van der Waals surface area contributed by atoms with Gasteiger partial charge < -0.3 is 14.6 Å². The first-order valence-corrected chi connectivity index (χ1v) is 9.86. The number of aliphatic hydroxyl groups is 1. The van der Waals surface area contributed by atoms with Gasteiger partial charge in [0.05, 0.1) is 30.8 Å². The predicted molar refractivity (Wildman–Crippen MR) is 99.4 cm³/mol. The van der Waals surface area contributed by atoms with Gasteiger partial charge in [-0.1, -0.05) is 36.9 Å². The van der Waals surface area contributed by atoms with Crippen LogP contribution in [0.5, 0.6) is 0 Å². The summed E-state index contributed by atoms with van der Waals surface area (Å²) in [5, 5.41) is 10.2. The molecule has 26 heavy (non-hydrogen) atoms. The molecule has 1 saturated heterocycles.